The topological polar surface area (TPSA) is 42.1 Å². The Balaban J connectivity index is 2.24. The standard InChI is InChI=1S/C19H16F3NO2/c1-10(7-16(24)25-2)17-14-8-13(21)9-15(22)19(14)23-18(17)11-3-5-12(20)6-4-11/h3-6,8-10,23H,7H2,1-2H3. The molecule has 25 heavy (non-hydrogen) atoms. The number of carbonyl (C=O) groups excluding carboxylic acids is 1. The SMILES string of the molecule is COC(=O)CC(C)c1c(-c2ccc(F)cc2)[nH]c2c(F)cc(F)cc12. The van der Waals surface area contributed by atoms with E-state index in [4.69, 9.17) is 4.74 Å². The van der Waals surface area contributed by atoms with Crippen LogP contribution in [0.4, 0.5) is 13.2 Å². The molecular weight excluding hydrogens is 331 g/mol. The number of aromatic nitrogens is 1. The van der Waals surface area contributed by atoms with Gasteiger partial charge in [-0.1, -0.05) is 6.92 Å². The van der Waals surface area contributed by atoms with Crippen LogP contribution in [-0.4, -0.2) is 18.1 Å². The van der Waals surface area contributed by atoms with Crippen molar-refractivity contribution >= 4 is 16.9 Å². The Morgan fingerprint density at radius 2 is 1.80 bits per heavy atom. The number of esters is 1. The molecule has 0 spiro atoms. The van der Waals surface area contributed by atoms with Crippen molar-refractivity contribution in [2.24, 2.45) is 0 Å². The first-order valence-corrected chi connectivity index (χ1v) is 7.74. The highest BCUT2D eigenvalue weighted by Gasteiger charge is 2.23. The molecular formula is C19H16F3NO2. The van der Waals surface area contributed by atoms with Crippen LogP contribution in [0.15, 0.2) is 36.4 Å². The highest BCUT2D eigenvalue weighted by Crippen LogP contribution is 2.38. The largest absolute Gasteiger partial charge is 0.469 e. The zero-order valence-electron chi connectivity index (χ0n) is 13.7. The maximum Gasteiger partial charge on any atom is 0.306 e. The molecule has 3 aromatic rings. The van der Waals surface area contributed by atoms with E-state index in [1.807, 2.05) is 0 Å². The summed E-state index contributed by atoms with van der Waals surface area (Å²) in [5, 5.41) is 0.355. The number of halogens is 3. The van der Waals surface area contributed by atoms with Crippen molar-refractivity contribution in [2.75, 3.05) is 7.11 Å². The van der Waals surface area contributed by atoms with Crippen LogP contribution in [0.3, 0.4) is 0 Å². The summed E-state index contributed by atoms with van der Waals surface area (Å²) in [7, 11) is 1.28. The van der Waals surface area contributed by atoms with Gasteiger partial charge in [0.15, 0.2) is 0 Å². The Labute approximate surface area is 142 Å². The molecule has 0 saturated carbocycles. The van der Waals surface area contributed by atoms with Crippen LogP contribution in [0.2, 0.25) is 0 Å². The van der Waals surface area contributed by atoms with Crippen LogP contribution in [0.5, 0.6) is 0 Å². The number of ether oxygens (including phenoxy) is 1. The quantitative estimate of drug-likeness (QED) is 0.681. The highest BCUT2D eigenvalue weighted by atomic mass is 19.1. The lowest BCUT2D eigenvalue weighted by molar-refractivity contribution is -0.140. The van der Waals surface area contributed by atoms with E-state index in [0.29, 0.717) is 22.2 Å². The van der Waals surface area contributed by atoms with Crippen LogP contribution >= 0.6 is 0 Å². The van der Waals surface area contributed by atoms with Crippen LogP contribution in [0.1, 0.15) is 24.8 Å². The summed E-state index contributed by atoms with van der Waals surface area (Å²) in [6.07, 6.45) is 0.0514. The lowest BCUT2D eigenvalue weighted by Crippen LogP contribution is -2.06. The molecule has 0 fully saturated rings. The number of nitrogens with one attached hydrogen (secondary N) is 1. The van der Waals surface area contributed by atoms with Crippen molar-refractivity contribution in [2.45, 2.75) is 19.3 Å². The van der Waals surface area contributed by atoms with Crippen LogP contribution in [-0.2, 0) is 9.53 Å². The second-order valence-electron chi connectivity index (χ2n) is 5.91. The smallest absolute Gasteiger partial charge is 0.306 e. The number of fused-ring (bicyclic) bond motifs is 1. The van der Waals surface area contributed by atoms with Gasteiger partial charge < -0.3 is 9.72 Å². The monoisotopic (exact) mass is 347 g/mol. The third-order valence-electron chi connectivity index (χ3n) is 4.19. The van der Waals surface area contributed by atoms with Gasteiger partial charge in [0.1, 0.15) is 17.5 Å². The molecule has 1 aromatic heterocycles. The summed E-state index contributed by atoms with van der Waals surface area (Å²) in [6.45, 7) is 1.77. The lowest BCUT2D eigenvalue weighted by Gasteiger charge is -2.13. The molecule has 1 atom stereocenters. The number of hydrogen-bond acceptors (Lipinski definition) is 2. The average molecular weight is 347 g/mol. The molecule has 0 amide bonds. The van der Waals surface area contributed by atoms with Gasteiger partial charge in [0, 0.05) is 11.5 Å². The van der Waals surface area contributed by atoms with Gasteiger partial charge in [-0.05, 0) is 47.4 Å². The van der Waals surface area contributed by atoms with Crippen molar-refractivity contribution < 1.29 is 22.7 Å². The first-order chi connectivity index (χ1) is 11.9. The minimum absolute atomic E-state index is 0.0514. The molecule has 3 nitrogen and oxygen atoms in total. The van der Waals surface area contributed by atoms with Gasteiger partial charge in [-0.25, -0.2) is 13.2 Å². The number of rotatable bonds is 4. The second kappa shape index (κ2) is 6.63. The molecule has 0 saturated heterocycles. The fourth-order valence-electron chi connectivity index (χ4n) is 3.03. The number of hydrogen-bond donors (Lipinski definition) is 1. The summed E-state index contributed by atoms with van der Waals surface area (Å²) >= 11 is 0. The molecule has 1 N–H and O–H groups in total. The minimum atomic E-state index is -0.727. The van der Waals surface area contributed by atoms with Crippen molar-refractivity contribution in [3.63, 3.8) is 0 Å². The lowest BCUT2D eigenvalue weighted by atomic mass is 9.92. The van der Waals surface area contributed by atoms with Gasteiger partial charge in [0.2, 0.25) is 0 Å². The predicted molar refractivity (Wildman–Crippen MR) is 88.7 cm³/mol. The summed E-state index contributed by atoms with van der Waals surface area (Å²) in [4.78, 5) is 14.6. The average Bonchev–Trinajstić information content (AvgIpc) is 2.95. The summed E-state index contributed by atoms with van der Waals surface area (Å²) in [5.41, 5.74) is 1.87. The van der Waals surface area contributed by atoms with Crippen molar-refractivity contribution in [3.8, 4) is 11.3 Å². The van der Waals surface area contributed by atoms with Crippen molar-refractivity contribution in [3.05, 3.63) is 59.4 Å². The number of H-pyrrole nitrogens is 1. The van der Waals surface area contributed by atoms with Crippen LogP contribution < -0.4 is 0 Å². The van der Waals surface area contributed by atoms with Crippen molar-refractivity contribution in [1.82, 2.24) is 4.98 Å². The Morgan fingerprint density at radius 1 is 1.12 bits per heavy atom. The zero-order chi connectivity index (χ0) is 18.1. The molecule has 1 unspecified atom stereocenters. The fourth-order valence-corrected chi connectivity index (χ4v) is 3.03. The molecule has 3 rings (SSSR count). The number of carbonyl (C=O) groups is 1. The minimum Gasteiger partial charge on any atom is -0.469 e. The highest BCUT2D eigenvalue weighted by molar-refractivity contribution is 5.92. The maximum absolute atomic E-state index is 14.2. The third kappa shape index (κ3) is 3.24. The van der Waals surface area contributed by atoms with Gasteiger partial charge >= 0.3 is 5.97 Å². The molecule has 2 aromatic carbocycles. The van der Waals surface area contributed by atoms with E-state index in [1.165, 1.54) is 25.3 Å². The van der Waals surface area contributed by atoms with Gasteiger partial charge in [-0.3, -0.25) is 4.79 Å². The van der Waals surface area contributed by atoms with E-state index in [0.717, 1.165) is 6.07 Å². The Kier molecular flexibility index (Phi) is 4.53. The van der Waals surface area contributed by atoms with E-state index >= 15 is 0 Å². The predicted octanol–water partition coefficient (Wildman–Crippen LogP) is 4.92. The van der Waals surface area contributed by atoms with E-state index < -0.39 is 23.4 Å². The first-order valence-electron chi connectivity index (χ1n) is 7.74. The van der Waals surface area contributed by atoms with Crippen LogP contribution in [0.25, 0.3) is 22.2 Å². The van der Waals surface area contributed by atoms with E-state index in [2.05, 4.69) is 4.98 Å². The summed E-state index contributed by atoms with van der Waals surface area (Å²) in [6, 6.07) is 7.68. The van der Waals surface area contributed by atoms with Crippen molar-refractivity contribution in [1.29, 1.82) is 0 Å². The number of benzene rings is 2. The van der Waals surface area contributed by atoms with Gasteiger partial charge in [0.05, 0.1) is 24.7 Å². The second-order valence-corrected chi connectivity index (χ2v) is 5.91. The van der Waals surface area contributed by atoms with E-state index in [1.54, 1.807) is 19.1 Å². The molecule has 0 radical (unpaired) electrons. The van der Waals surface area contributed by atoms with Gasteiger partial charge in [0.25, 0.3) is 0 Å². The maximum atomic E-state index is 14.2. The third-order valence-corrected chi connectivity index (χ3v) is 4.19. The number of aromatic amines is 1. The Hall–Kier alpha value is -2.76. The van der Waals surface area contributed by atoms with Gasteiger partial charge in [-0.15, -0.1) is 0 Å². The molecule has 1 heterocycles. The normalized spacial score (nSPS) is 12.4. The number of methoxy groups -OCH3 is 1. The summed E-state index contributed by atoms with van der Waals surface area (Å²) < 4.78 is 45.8. The molecule has 0 bridgehead atoms. The first kappa shape index (κ1) is 17.1. The van der Waals surface area contributed by atoms with Crippen LogP contribution in [0, 0.1) is 17.5 Å². The zero-order valence-corrected chi connectivity index (χ0v) is 13.7. The molecule has 0 aliphatic carbocycles. The molecule has 0 aliphatic rings. The molecule has 6 heteroatoms. The Bertz CT molecular complexity index is 932. The fraction of sp³-hybridized carbons (Fsp3) is 0.211. The van der Waals surface area contributed by atoms with E-state index in [-0.39, 0.29) is 17.9 Å². The van der Waals surface area contributed by atoms with E-state index in [9.17, 15) is 18.0 Å². The Morgan fingerprint density at radius 3 is 2.44 bits per heavy atom. The molecule has 0 aliphatic heterocycles. The molecule has 130 valence electrons. The van der Waals surface area contributed by atoms with Gasteiger partial charge in [-0.2, -0.15) is 0 Å². The summed E-state index contributed by atoms with van der Waals surface area (Å²) in [5.74, 6) is -2.62.